The van der Waals surface area contributed by atoms with Crippen molar-refractivity contribution >= 4 is 5.82 Å². The Morgan fingerprint density at radius 2 is 2.16 bits per heavy atom. The van der Waals surface area contributed by atoms with E-state index in [0.717, 1.165) is 48.8 Å². The van der Waals surface area contributed by atoms with Crippen LogP contribution in [0.2, 0.25) is 0 Å². The zero-order chi connectivity index (χ0) is 13.1. The van der Waals surface area contributed by atoms with E-state index in [2.05, 4.69) is 28.5 Å². The van der Waals surface area contributed by atoms with E-state index in [4.69, 9.17) is 4.74 Å². The third-order valence-corrected chi connectivity index (χ3v) is 3.21. The monoisotopic (exact) mass is 255 g/mol. The Balaban J connectivity index is 1.82. The summed E-state index contributed by atoms with van der Waals surface area (Å²) in [5.41, 5.74) is 3.25. The molecular formula is C15H17N3O. The summed E-state index contributed by atoms with van der Waals surface area (Å²) in [5, 5.41) is 11.7. The average Bonchev–Trinajstić information content (AvgIpc) is 2.93. The molecule has 0 amide bonds. The molecule has 19 heavy (non-hydrogen) atoms. The minimum absolute atomic E-state index is 0.782. The van der Waals surface area contributed by atoms with Gasteiger partial charge < -0.3 is 10.1 Å². The Morgan fingerprint density at radius 1 is 1.21 bits per heavy atom. The second-order valence-electron chi connectivity index (χ2n) is 4.65. The molecule has 4 nitrogen and oxygen atoms in total. The largest absolute Gasteiger partial charge is 0.493 e. The number of fused-ring (bicyclic) bond motifs is 1. The zero-order valence-electron chi connectivity index (χ0n) is 11.0. The molecule has 1 aliphatic rings. The van der Waals surface area contributed by atoms with Crippen LogP contribution >= 0.6 is 0 Å². The Morgan fingerprint density at radius 3 is 2.95 bits per heavy atom. The maximum atomic E-state index is 5.51. The van der Waals surface area contributed by atoms with Gasteiger partial charge in [0.15, 0.2) is 0 Å². The molecule has 1 aromatic carbocycles. The predicted octanol–water partition coefficient (Wildman–Crippen LogP) is 2.90. The van der Waals surface area contributed by atoms with Gasteiger partial charge in [0.2, 0.25) is 0 Å². The molecule has 1 aliphatic heterocycles. The van der Waals surface area contributed by atoms with Gasteiger partial charge in [-0.3, -0.25) is 0 Å². The van der Waals surface area contributed by atoms with Crippen molar-refractivity contribution in [1.29, 1.82) is 0 Å². The first-order chi connectivity index (χ1) is 9.36. The normalized spacial score (nSPS) is 12.9. The second kappa shape index (κ2) is 5.26. The number of aromatic nitrogens is 2. The van der Waals surface area contributed by atoms with E-state index in [1.165, 1.54) is 5.56 Å². The summed E-state index contributed by atoms with van der Waals surface area (Å²) >= 11 is 0. The van der Waals surface area contributed by atoms with E-state index >= 15 is 0 Å². The molecule has 0 saturated carbocycles. The Kier molecular flexibility index (Phi) is 3.31. The Labute approximate surface area is 112 Å². The molecule has 2 heterocycles. The number of rotatable bonds is 4. The van der Waals surface area contributed by atoms with Crippen LogP contribution in [0, 0.1) is 0 Å². The number of ether oxygens (including phenoxy) is 1. The van der Waals surface area contributed by atoms with Crippen LogP contribution in [0.25, 0.3) is 11.3 Å². The molecule has 0 radical (unpaired) electrons. The summed E-state index contributed by atoms with van der Waals surface area (Å²) in [7, 11) is 0. The van der Waals surface area contributed by atoms with Crippen molar-refractivity contribution in [2.45, 2.75) is 19.8 Å². The van der Waals surface area contributed by atoms with E-state index in [9.17, 15) is 0 Å². The van der Waals surface area contributed by atoms with Crippen molar-refractivity contribution in [2.24, 2.45) is 0 Å². The van der Waals surface area contributed by atoms with Crippen LogP contribution in [0.3, 0.4) is 0 Å². The maximum Gasteiger partial charge on any atom is 0.148 e. The van der Waals surface area contributed by atoms with E-state index in [1.807, 2.05) is 24.3 Å². The number of anilines is 1. The van der Waals surface area contributed by atoms with Crippen molar-refractivity contribution < 1.29 is 4.74 Å². The average molecular weight is 255 g/mol. The lowest BCUT2D eigenvalue weighted by Crippen LogP contribution is -2.02. The fourth-order valence-corrected chi connectivity index (χ4v) is 2.18. The molecule has 1 aromatic heterocycles. The lowest BCUT2D eigenvalue weighted by molar-refractivity contribution is 0.357. The Hall–Kier alpha value is -2.10. The molecule has 0 unspecified atom stereocenters. The zero-order valence-corrected chi connectivity index (χ0v) is 11.0. The number of hydrogen-bond donors (Lipinski definition) is 1. The van der Waals surface area contributed by atoms with Crippen LogP contribution in [0.15, 0.2) is 30.3 Å². The molecule has 0 fully saturated rings. The third-order valence-electron chi connectivity index (χ3n) is 3.21. The van der Waals surface area contributed by atoms with Crippen LogP contribution in [-0.2, 0) is 6.42 Å². The van der Waals surface area contributed by atoms with Gasteiger partial charge in [-0.15, -0.1) is 10.2 Å². The summed E-state index contributed by atoms with van der Waals surface area (Å²) in [5.74, 6) is 1.83. The third kappa shape index (κ3) is 2.52. The summed E-state index contributed by atoms with van der Waals surface area (Å²) in [4.78, 5) is 0. The van der Waals surface area contributed by atoms with Gasteiger partial charge in [-0.25, -0.2) is 0 Å². The van der Waals surface area contributed by atoms with Gasteiger partial charge in [0.25, 0.3) is 0 Å². The fraction of sp³-hybridized carbons (Fsp3) is 0.333. The second-order valence-corrected chi connectivity index (χ2v) is 4.65. The molecule has 0 bridgehead atoms. The standard InChI is InChI=1S/C15H17N3O/c1-2-8-16-15-6-4-13(17-18-15)11-3-5-14-12(10-11)7-9-19-14/h3-6,10H,2,7-9H2,1H3,(H,16,18). The van der Waals surface area contributed by atoms with Gasteiger partial charge in [-0.2, -0.15) is 0 Å². The summed E-state index contributed by atoms with van der Waals surface area (Å²) in [6.45, 7) is 3.83. The van der Waals surface area contributed by atoms with Crippen LogP contribution in [-0.4, -0.2) is 23.3 Å². The van der Waals surface area contributed by atoms with Crippen LogP contribution in [0.5, 0.6) is 5.75 Å². The number of hydrogen-bond acceptors (Lipinski definition) is 4. The van der Waals surface area contributed by atoms with E-state index in [0.29, 0.717) is 0 Å². The molecule has 2 aromatic rings. The first kappa shape index (κ1) is 12.0. The molecule has 3 rings (SSSR count). The van der Waals surface area contributed by atoms with Gasteiger partial charge in [0.05, 0.1) is 12.3 Å². The molecule has 0 aliphatic carbocycles. The minimum Gasteiger partial charge on any atom is -0.493 e. The lowest BCUT2D eigenvalue weighted by atomic mass is 10.1. The number of nitrogens with zero attached hydrogens (tertiary/aromatic N) is 2. The molecule has 0 saturated heterocycles. The topological polar surface area (TPSA) is 47.0 Å². The molecule has 4 heteroatoms. The van der Waals surface area contributed by atoms with E-state index in [1.54, 1.807) is 0 Å². The molecule has 0 spiro atoms. The molecule has 1 N–H and O–H groups in total. The smallest absolute Gasteiger partial charge is 0.148 e. The summed E-state index contributed by atoms with van der Waals surface area (Å²) < 4.78 is 5.51. The number of benzene rings is 1. The van der Waals surface area contributed by atoms with Crippen LogP contribution in [0.1, 0.15) is 18.9 Å². The van der Waals surface area contributed by atoms with Crippen molar-refractivity contribution in [3.63, 3.8) is 0 Å². The molecule has 98 valence electrons. The Bertz CT molecular complexity index is 566. The highest BCUT2D eigenvalue weighted by atomic mass is 16.5. The van der Waals surface area contributed by atoms with Crippen molar-refractivity contribution in [2.75, 3.05) is 18.5 Å². The number of nitrogens with one attached hydrogen (secondary N) is 1. The van der Waals surface area contributed by atoms with Gasteiger partial charge in [0, 0.05) is 18.5 Å². The van der Waals surface area contributed by atoms with Crippen LogP contribution < -0.4 is 10.1 Å². The van der Waals surface area contributed by atoms with E-state index in [-0.39, 0.29) is 0 Å². The van der Waals surface area contributed by atoms with E-state index < -0.39 is 0 Å². The van der Waals surface area contributed by atoms with Crippen LogP contribution in [0.4, 0.5) is 5.82 Å². The highest BCUT2D eigenvalue weighted by Gasteiger charge is 2.13. The van der Waals surface area contributed by atoms with Gasteiger partial charge in [0.1, 0.15) is 11.6 Å². The highest BCUT2D eigenvalue weighted by Crippen LogP contribution is 2.29. The maximum absolute atomic E-state index is 5.51. The van der Waals surface area contributed by atoms with Gasteiger partial charge in [-0.1, -0.05) is 6.92 Å². The highest BCUT2D eigenvalue weighted by molar-refractivity contribution is 5.63. The van der Waals surface area contributed by atoms with Crippen molar-refractivity contribution in [1.82, 2.24) is 10.2 Å². The quantitative estimate of drug-likeness (QED) is 0.912. The first-order valence-electron chi connectivity index (χ1n) is 6.70. The lowest BCUT2D eigenvalue weighted by Gasteiger charge is -2.05. The predicted molar refractivity (Wildman–Crippen MR) is 75.4 cm³/mol. The van der Waals surface area contributed by atoms with Crippen molar-refractivity contribution in [3.05, 3.63) is 35.9 Å². The SMILES string of the molecule is CCCNc1ccc(-c2ccc3c(c2)CCO3)nn1. The molecular weight excluding hydrogens is 238 g/mol. The first-order valence-corrected chi connectivity index (χ1v) is 6.70. The minimum atomic E-state index is 0.782. The van der Waals surface area contributed by atoms with Crippen molar-refractivity contribution in [3.8, 4) is 17.0 Å². The molecule has 0 atom stereocenters. The fourth-order valence-electron chi connectivity index (χ4n) is 2.18. The summed E-state index contributed by atoms with van der Waals surface area (Å²) in [6, 6.07) is 10.2. The summed E-state index contributed by atoms with van der Waals surface area (Å²) in [6.07, 6.45) is 2.06. The van der Waals surface area contributed by atoms with Gasteiger partial charge >= 0.3 is 0 Å². The van der Waals surface area contributed by atoms with Gasteiger partial charge in [-0.05, 0) is 42.3 Å².